The maximum Gasteiger partial charge on any atom is 1.00 e. The molecule has 0 radical (unpaired) electrons. The maximum absolute atomic E-state index is 12.0. The van der Waals surface area contributed by atoms with Crippen molar-refractivity contribution >= 4 is 23.5 Å². The Morgan fingerprint density at radius 3 is 2.16 bits per heavy atom. The van der Waals surface area contributed by atoms with E-state index >= 15 is 0 Å². The third kappa shape index (κ3) is 9.62. The smallest absolute Gasteiger partial charge is 0.789 e. The number of nitrogens with one attached hydrogen (secondary N) is 1. The number of H-pyrrole nitrogens is 1. The first-order valence-corrected chi connectivity index (χ1v) is 11.6. The van der Waals surface area contributed by atoms with Crippen molar-refractivity contribution in [2.45, 2.75) is 24.5 Å². The Morgan fingerprint density at radius 1 is 1.10 bits per heavy atom. The number of aliphatic hydroxyl groups is 2. The quantitative estimate of drug-likeness (QED) is 0.155. The fraction of sp³-hybridized carbons (Fsp3) is 0.556. The van der Waals surface area contributed by atoms with Gasteiger partial charge in [-0.2, -0.15) is 4.31 Å². The molecule has 5 N–H and O–H groups in total. The summed E-state index contributed by atoms with van der Waals surface area (Å²) in [6, 6.07) is 0.892. The summed E-state index contributed by atoms with van der Waals surface area (Å²) in [7, 11) is -17.5. The molecule has 5 unspecified atom stereocenters. The third-order valence-electron chi connectivity index (χ3n) is 3.27. The van der Waals surface area contributed by atoms with Crippen molar-refractivity contribution in [2.24, 2.45) is 0 Å². The van der Waals surface area contributed by atoms with E-state index < -0.39 is 65.9 Å². The molecule has 0 bridgehead atoms. The van der Waals surface area contributed by atoms with E-state index in [4.69, 9.17) is 14.5 Å². The van der Waals surface area contributed by atoms with Crippen molar-refractivity contribution < 1.29 is 120 Å². The Labute approximate surface area is 216 Å². The van der Waals surface area contributed by atoms with Crippen molar-refractivity contribution in [1.29, 1.82) is 0 Å². The first-order chi connectivity index (χ1) is 13.1. The molecule has 1 fully saturated rings. The molecular weight excluding hydrogens is 515 g/mol. The van der Waals surface area contributed by atoms with Crippen LogP contribution in [0, 0.1) is 0 Å². The standard InChI is InChI=1S/C9H15N2O15P3.2Na/c12-5-1-2-11(9(15)10-5)8-7(14)6(13)4(24-8)3-23-29(22,25-27(16,17)18)26-28(19,20)21;;/h1-2,4,6-8,13-14H,3H2,(H,10,12,15)(H2,16,17,18)(H2,19,20,21);;/q;2*+1/p-2. The van der Waals surface area contributed by atoms with Gasteiger partial charge in [0.2, 0.25) is 0 Å². The van der Waals surface area contributed by atoms with Gasteiger partial charge < -0.3 is 39.1 Å². The molecule has 0 aromatic carbocycles. The summed E-state index contributed by atoms with van der Waals surface area (Å²) in [5.74, 6) is 0. The number of ether oxygens (including phenoxy) is 1. The second-order valence-electron chi connectivity index (χ2n) is 5.41. The van der Waals surface area contributed by atoms with Gasteiger partial charge in [-0.25, -0.2) is 13.9 Å². The topological polar surface area (TPSA) is 270 Å². The molecule has 31 heavy (non-hydrogen) atoms. The molecule has 2 heterocycles. The predicted octanol–water partition coefficient (Wildman–Crippen LogP) is -9.76. The molecule has 1 saturated heterocycles. The minimum atomic E-state index is -6.12. The molecule has 17 nitrogen and oxygen atoms in total. The number of nitrogens with zero attached hydrogens (tertiary/aromatic N) is 1. The fourth-order valence-corrected chi connectivity index (χ4v) is 5.32. The summed E-state index contributed by atoms with van der Waals surface area (Å²) in [6.45, 7) is -1.18. The third-order valence-corrected chi connectivity index (χ3v) is 6.98. The van der Waals surface area contributed by atoms with E-state index in [0.717, 1.165) is 12.3 Å². The molecule has 5 atom stereocenters. The summed E-state index contributed by atoms with van der Waals surface area (Å²) >= 11 is 0. The van der Waals surface area contributed by atoms with Gasteiger partial charge in [-0.15, -0.1) is 0 Å². The van der Waals surface area contributed by atoms with Crippen LogP contribution in [-0.2, 0) is 31.6 Å². The Balaban J connectivity index is 0.00000450. The first kappa shape index (κ1) is 32.0. The van der Waals surface area contributed by atoms with Gasteiger partial charge in [-0.3, -0.25) is 23.2 Å². The average molecular weight is 528 g/mol. The van der Waals surface area contributed by atoms with E-state index in [-0.39, 0.29) is 59.1 Å². The summed E-state index contributed by atoms with van der Waals surface area (Å²) < 4.78 is 50.6. The van der Waals surface area contributed by atoms with Crippen LogP contribution >= 0.6 is 23.5 Å². The SMILES string of the molecule is O=c1ccn(C2OC(COP(=O)(OP(=O)([O-])[O-])OP(=O)(O)O)C(O)C2O)c(=O)[nH]1.[Na+].[Na+]. The number of rotatable bonds is 8. The molecule has 22 heteroatoms. The zero-order valence-corrected chi connectivity index (χ0v) is 22.4. The van der Waals surface area contributed by atoms with Crippen molar-refractivity contribution in [3.8, 4) is 0 Å². The number of phosphoric acid groups is 3. The van der Waals surface area contributed by atoms with Gasteiger partial charge in [0.25, 0.3) is 5.56 Å². The number of hydrogen-bond acceptors (Lipinski definition) is 13. The van der Waals surface area contributed by atoms with E-state index in [2.05, 4.69) is 13.1 Å². The molecule has 0 saturated carbocycles. The zero-order valence-electron chi connectivity index (χ0n) is 15.7. The Kier molecular flexibility index (Phi) is 12.5. The summed E-state index contributed by atoms with van der Waals surface area (Å²) in [4.78, 5) is 63.2. The van der Waals surface area contributed by atoms with Crippen molar-refractivity contribution in [2.75, 3.05) is 6.61 Å². The largest absolute Gasteiger partial charge is 1.00 e. The number of hydrogen-bond donors (Lipinski definition) is 5. The van der Waals surface area contributed by atoms with Gasteiger partial charge in [-0.05, 0) is 0 Å². The molecule has 0 aliphatic carbocycles. The molecule has 1 aromatic rings. The van der Waals surface area contributed by atoms with Gasteiger partial charge in [-0.1, -0.05) is 0 Å². The summed E-state index contributed by atoms with van der Waals surface area (Å²) in [6.07, 6.45) is -6.05. The van der Waals surface area contributed by atoms with Gasteiger partial charge in [0.1, 0.15) is 18.3 Å². The van der Waals surface area contributed by atoms with Crippen LogP contribution in [0.4, 0.5) is 0 Å². The normalized spacial score (nSPS) is 25.9. The second-order valence-corrected chi connectivity index (χ2v) is 9.74. The average Bonchev–Trinajstić information content (AvgIpc) is 2.77. The van der Waals surface area contributed by atoms with E-state index in [0.29, 0.717) is 4.57 Å². The van der Waals surface area contributed by atoms with Gasteiger partial charge in [0, 0.05) is 12.3 Å². The Hall–Kier alpha value is 0.970. The van der Waals surface area contributed by atoms with Gasteiger partial charge >= 0.3 is 80.4 Å². The van der Waals surface area contributed by atoms with E-state index in [1.54, 1.807) is 0 Å². The van der Waals surface area contributed by atoms with E-state index in [9.17, 15) is 43.3 Å². The van der Waals surface area contributed by atoms with Gasteiger partial charge in [0.05, 0.1) is 14.4 Å². The molecular formula is C9H13N2Na2O15P3. The van der Waals surface area contributed by atoms with Crippen LogP contribution in [0.25, 0.3) is 0 Å². The molecule has 0 spiro atoms. The number of aromatic amines is 1. The molecule has 1 aromatic heterocycles. The van der Waals surface area contributed by atoms with Crippen LogP contribution < -0.4 is 80.2 Å². The number of aliphatic hydroxyl groups excluding tert-OH is 2. The van der Waals surface area contributed by atoms with Crippen LogP contribution in [0.5, 0.6) is 0 Å². The fourth-order valence-electron chi connectivity index (χ4n) is 2.20. The summed E-state index contributed by atoms with van der Waals surface area (Å²) in [5, 5.41) is 19.9. The molecule has 166 valence electrons. The minimum absolute atomic E-state index is 0. The van der Waals surface area contributed by atoms with E-state index in [1.165, 1.54) is 0 Å². The van der Waals surface area contributed by atoms with Crippen LogP contribution in [0.1, 0.15) is 6.23 Å². The minimum Gasteiger partial charge on any atom is -0.789 e. The maximum atomic E-state index is 12.0. The van der Waals surface area contributed by atoms with E-state index in [1.807, 2.05) is 4.98 Å². The molecule has 0 amide bonds. The molecule has 1 aliphatic heterocycles. The second kappa shape index (κ2) is 12.1. The van der Waals surface area contributed by atoms with Crippen LogP contribution in [0.15, 0.2) is 21.9 Å². The van der Waals surface area contributed by atoms with Crippen molar-refractivity contribution in [1.82, 2.24) is 9.55 Å². The Morgan fingerprint density at radius 2 is 1.68 bits per heavy atom. The zero-order chi connectivity index (χ0) is 22.2. The number of aromatic nitrogens is 2. The monoisotopic (exact) mass is 528 g/mol. The summed E-state index contributed by atoms with van der Waals surface area (Å²) in [5.41, 5.74) is -1.81. The predicted molar refractivity (Wildman–Crippen MR) is 82.6 cm³/mol. The van der Waals surface area contributed by atoms with Gasteiger partial charge in [0.15, 0.2) is 6.23 Å². The first-order valence-electron chi connectivity index (χ1n) is 7.18. The Bertz CT molecular complexity index is 974. The molecule has 2 rings (SSSR count). The van der Waals surface area contributed by atoms with Crippen LogP contribution in [-0.4, -0.2) is 54.5 Å². The molecule has 1 aliphatic rings. The van der Waals surface area contributed by atoms with Crippen LogP contribution in [0.3, 0.4) is 0 Å². The van der Waals surface area contributed by atoms with Crippen molar-refractivity contribution in [3.05, 3.63) is 33.1 Å². The van der Waals surface area contributed by atoms with Crippen LogP contribution in [0.2, 0.25) is 0 Å². The van der Waals surface area contributed by atoms with Crippen molar-refractivity contribution in [3.63, 3.8) is 0 Å².